The number of aliphatic hydroxyl groups is 1. The number of nitrogens with zero attached hydrogens (tertiary/aromatic N) is 1. The van der Waals surface area contributed by atoms with Crippen LogP contribution in [-0.4, -0.2) is 40.8 Å². The molecule has 0 aliphatic carbocycles. The number of benzene rings is 1. The van der Waals surface area contributed by atoms with Crippen molar-refractivity contribution in [1.29, 1.82) is 0 Å². The van der Waals surface area contributed by atoms with Crippen molar-refractivity contribution in [3.05, 3.63) is 47.2 Å². The number of aromatic amines is 1. The maximum absolute atomic E-state index is 10.1. The van der Waals surface area contributed by atoms with Crippen LogP contribution in [0.2, 0.25) is 0 Å². The van der Waals surface area contributed by atoms with Crippen LogP contribution in [0.5, 0.6) is 0 Å². The van der Waals surface area contributed by atoms with Crippen molar-refractivity contribution < 1.29 is 9.59 Å². The highest BCUT2D eigenvalue weighted by atomic mass is 16.3. The van der Waals surface area contributed by atoms with E-state index in [0.29, 0.717) is 30.5 Å². The summed E-state index contributed by atoms with van der Waals surface area (Å²) in [7, 11) is 2.42. The van der Waals surface area contributed by atoms with Crippen LogP contribution in [0, 0.1) is 11.8 Å². The van der Waals surface area contributed by atoms with E-state index in [-0.39, 0.29) is 0 Å². The first kappa shape index (κ1) is 13.8. The Morgan fingerprint density at radius 2 is 2.17 bits per heavy atom. The van der Waals surface area contributed by atoms with Gasteiger partial charge < -0.3 is 14.6 Å². The van der Waals surface area contributed by atoms with Gasteiger partial charge in [0.2, 0.25) is 0 Å². The van der Waals surface area contributed by atoms with Crippen molar-refractivity contribution in [3.63, 3.8) is 0 Å². The maximum Gasteiger partial charge on any atom is 0.131 e. The van der Waals surface area contributed by atoms with Gasteiger partial charge in [-0.15, -0.1) is 0 Å². The highest BCUT2D eigenvalue weighted by Gasteiger charge is 2.61. The molecule has 4 aliphatic heterocycles. The van der Waals surface area contributed by atoms with Crippen LogP contribution in [0.3, 0.4) is 0 Å². The number of para-hydroxylation sites is 1. The second kappa shape index (κ2) is 4.49. The fourth-order valence-corrected chi connectivity index (χ4v) is 6.02. The van der Waals surface area contributed by atoms with Gasteiger partial charge in [-0.2, -0.15) is 0 Å². The van der Waals surface area contributed by atoms with E-state index in [1.54, 1.807) is 5.57 Å². The average molecular weight is 309 g/mol. The van der Waals surface area contributed by atoms with E-state index in [9.17, 15) is 5.11 Å². The number of hydrogen-bond acceptors (Lipinski definition) is 1. The second-order valence-corrected chi connectivity index (χ2v) is 7.91. The molecule has 4 aliphatic rings. The molecule has 23 heavy (non-hydrogen) atoms. The summed E-state index contributed by atoms with van der Waals surface area (Å²) < 4.78 is 1.08. The molecule has 120 valence electrons. The van der Waals surface area contributed by atoms with E-state index in [1.165, 1.54) is 28.6 Å². The van der Waals surface area contributed by atoms with Crippen LogP contribution in [0.15, 0.2) is 35.9 Å². The predicted octanol–water partition coefficient (Wildman–Crippen LogP) is 3.17. The summed E-state index contributed by atoms with van der Waals surface area (Å²) in [6.07, 6.45) is 4.59. The zero-order valence-electron chi connectivity index (χ0n) is 13.9. The molecule has 6 rings (SSSR count). The zero-order valence-corrected chi connectivity index (χ0v) is 13.9. The summed E-state index contributed by atoms with van der Waals surface area (Å²) in [5, 5.41) is 11.5. The molecule has 4 bridgehead atoms. The second-order valence-electron chi connectivity index (χ2n) is 7.91. The lowest BCUT2D eigenvalue weighted by molar-refractivity contribution is -0.978. The number of rotatable bonds is 1. The van der Waals surface area contributed by atoms with Gasteiger partial charge in [-0.25, -0.2) is 0 Å². The van der Waals surface area contributed by atoms with Crippen LogP contribution in [0.1, 0.15) is 30.6 Å². The van der Waals surface area contributed by atoms with E-state index in [1.807, 2.05) is 0 Å². The summed E-state index contributed by atoms with van der Waals surface area (Å²) in [6.45, 7) is 3.65. The average Bonchev–Trinajstić information content (AvgIpc) is 2.92. The van der Waals surface area contributed by atoms with Gasteiger partial charge >= 0.3 is 0 Å². The Hall–Kier alpha value is -1.58. The number of piperidine rings is 3. The normalized spacial score (nSPS) is 39.9. The molecule has 0 radical (unpaired) electrons. The number of aromatic nitrogens is 1. The topological polar surface area (TPSA) is 36.0 Å². The molecule has 3 saturated heterocycles. The molecule has 0 amide bonds. The first-order valence-corrected chi connectivity index (χ1v) is 8.87. The Morgan fingerprint density at radius 3 is 2.96 bits per heavy atom. The third-order valence-corrected chi connectivity index (χ3v) is 7.13. The number of aliphatic hydroxyl groups excluding tert-OH is 1. The van der Waals surface area contributed by atoms with Gasteiger partial charge in [0.05, 0.1) is 25.4 Å². The van der Waals surface area contributed by atoms with Gasteiger partial charge in [-0.3, -0.25) is 0 Å². The van der Waals surface area contributed by atoms with E-state index in [4.69, 9.17) is 0 Å². The Balaban J connectivity index is 1.73. The predicted molar refractivity (Wildman–Crippen MR) is 92.0 cm³/mol. The highest BCUT2D eigenvalue weighted by molar-refractivity contribution is 5.85. The van der Waals surface area contributed by atoms with E-state index in [2.05, 4.69) is 49.3 Å². The van der Waals surface area contributed by atoms with Gasteiger partial charge in [-0.05, 0) is 24.1 Å². The zero-order chi connectivity index (χ0) is 15.8. The molecule has 1 aromatic heterocycles. The molecule has 2 aromatic rings. The Kier molecular flexibility index (Phi) is 2.70. The largest absolute Gasteiger partial charge is 0.396 e. The van der Waals surface area contributed by atoms with Gasteiger partial charge in [-0.1, -0.05) is 24.3 Å². The van der Waals surface area contributed by atoms with Crippen LogP contribution in [-0.2, 0) is 6.42 Å². The van der Waals surface area contributed by atoms with Crippen molar-refractivity contribution in [2.45, 2.75) is 31.8 Å². The SMILES string of the molecule is C/C=C1/C[N@@+]2(C)[C@H]3C[C@@H]1[C@@H](CO)[C@@H]2Cc1c3[nH]c2ccccc12. The van der Waals surface area contributed by atoms with Crippen molar-refractivity contribution in [2.24, 2.45) is 11.8 Å². The van der Waals surface area contributed by atoms with Crippen LogP contribution >= 0.6 is 0 Å². The first-order chi connectivity index (χ1) is 11.2. The fraction of sp³-hybridized carbons (Fsp3) is 0.500. The lowest BCUT2D eigenvalue weighted by Gasteiger charge is -2.62. The Morgan fingerprint density at radius 1 is 1.35 bits per heavy atom. The summed E-state index contributed by atoms with van der Waals surface area (Å²) in [4.78, 5) is 3.75. The van der Waals surface area contributed by atoms with Gasteiger partial charge in [0.1, 0.15) is 12.6 Å². The Bertz CT molecular complexity index is 820. The van der Waals surface area contributed by atoms with E-state index in [0.717, 1.165) is 17.4 Å². The highest BCUT2D eigenvalue weighted by Crippen LogP contribution is 2.57. The van der Waals surface area contributed by atoms with Crippen molar-refractivity contribution in [1.82, 2.24) is 4.98 Å². The van der Waals surface area contributed by atoms with Crippen molar-refractivity contribution in [2.75, 3.05) is 20.2 Å². The number of allylic oxidation sites excluding steroid dienone is 1. The number of nitrogens with one attached hydrogen (secondary N) is 1. The van der Waals surface area contributed by atoms with Gasteiger partial charge in [0.25, 0.3) is 0 Å². The summed E-state index contributed by atoms with van der Waals surface area (Å²) in [6, 6.07) is 9.84. The molecule has 0 unspecified atom stereocenters. The molecule has 5 atom stereocenters. The summed E-state index contributed by atoms with van der Waals surface area (Å²) in [5.41, 5.74) is 5.84. The smallest absolute Gasteiger partial charge is 0.131 e. The van der Waals surface area contributed by atoms with E-state index >= 15 is 0 Å². The lowest BCUT2D eigenvalue weighted by Crippen LogP contribution is -2.70. The van der Waals surface area contributed by atoms with Crippen LogP contribution in [0.25, 0.3) is 10.9 Å². The number of H-pyrrole nitrogens is 1. The van der Waals surface area contributed by atoms with Gasteiger partial charge in [0, 0.05) is 35.6 Å². The molecule has 1 aromatic carbocycles. The number of fused-ring (bicyclic) bond motifs is 4. The van der Waals surface area contributed by atoms with E-state index < -0.39 is 0 Å². The molecule has 3 heteroatoms. The molecular formula is C20H25N2O+. The third-order valence-electron chi connectivity index (χ3n) is 7.13. The van der Waals surface area contributed by atoms with Crippen LogP contribution < -0.4 is 0 Å². The maximum atomic E-state index is 10.1. The van der Waals surface area contributed by atoms with Gasteiger partial charge in [0.15, 0.2) is 0 Å². The molecule has 5 heterocycles. The fourth-order valence-electron chi connectivity index (χ4n) is 6.02. The summed E-state index contributed by atoms with van der Waals surface area (Å²) in [5.74, 6) is 0.984. The molecule has 2 N–H and O–H groups in total. The minimum Gasteiger partial charge on any atom is -0.396 e. The Labute approximate surface area is 137 Å². The molecule has 0 spiro atoms. The van der Waals surface area contributed by atoms with Crippen molar-refractivity contribution >= 4 is 10.9 Å². The number of quaternary nitrogens is 1. The molecule has 3 nitrogen and oxygen atoms in total. The monoisotopic (exact) mass is 309 g/mol. The minimum atomic E-state index is 0.324. The lowest BCUT2D eigenvalue weighted by atomic mass is 9.62. The summed E-state index contributed by atoms with van der Waals surface area (Å²) >= 11 is 0. The van der Waals surface area contributed by atoms with Crippen molar-refractivity contribution in [3.8, 4) is 0 Å². The molecule has 0 saturated carbocycles. The number of hydrogen-bond donors (Lipinski definition) is 2. The quantitative estimate of drug-likeness (QED) is 0.616. The first-order valence-electron chi connectivity index (χ1n) is 8.87. The molecule has 3 fully saturated rings. The minimum absolute atomic E-state index is 0.324. The van der Waals surface area contributed by atoms with Crippen LogP contribution in [0.4, 0.5) is 0 Å². The standard InChI is InChI=1S/C20H25N2O/c1-3-12-10-22(2)18-9-15-13-6-4-5-7-17(13)21-20(15)19(22)8-14(12)16(18)11-23/h3-7,14,16,18-19,21,23H,8-11H2,1-2H3/q+1/b12-3-/t14-,16+,18-,19-,22+/m0/s1. The number of likely N-dealkylation sites (N-methyl/N-ethyl adjacent to an activating group) is 1. The molecular weight excluding hydrogens is 284 g/mol. The third kappa shape index (κ3) is 1.57.